The molecule has 0 saturated carbocycles. The first-order valence-corrected chi connectivity index (χ1v) is 7.09. The average molecular weight is 288 g/mol. The van der Waals surface area contributed by atoms with Crippen LogP contribution in [0, 0.1) is 6.92 Å². The van der Waals surface area contributed by atoms with E-state index < -0.39 is 5.97 Å². The maximum Gasteiger partial charge on any atom is 0.358 e. The fourth-order valence-electron chi connectivity index (χ4n) is 2.50. The van der Waals surface area contributed by atoms with Crippen LogP contribution in [0.4, 0.5) is 0 Å². The molecule has 2 aromatic rings. The fourth-order valence-corrected chi connectivity index (χ4v) is 2.50. The van der Waals surface area contributed by atoms with Crippen LogP contribution < -0.4 is 0 Å². The van der Waals surface area contributed by atoms with Crippen LogP contribution >= 0.6 is 0 Å². The number of methoxy groups -OCH3 is 1. The predicted molar refractivity (Wildman–Crippen MR) is 79.1 cm³/mol. The smallest absolute Gasteiger partial charge is 0.358 e. The zero-order valence-corrected chi connectivity index (χ0v) is 13.1. The molecule has 21 heavy (non-hydrogen) atoms. The van der Waals surface area contributed by atoms with Crippen molar-refractivity contribution in [3.8, 4) is 11.4 Å². The van der Waals surface area contributed by atoms with E-state index in [-0.39, 0.29) is 0 Å². The van der Waals surface area contributed by atoms with E-state index in [4.69, 9.17) is 4.74 Å². The van der Waals surface area contributed by atoms with Crippen molar-refractivity contribution in [2.75, 3.05) is 7.11 Å². The highest BCUT2D eigenvalue weighted by atomic mass is 16.5. The first kappa shape index (κ1) is 15.2. The molecule has 112 valence electrons. The number of rotatable bonds is 1. The van der Waals surface area contributed by atoms with Crippen LogP contribution in [0.2, 0.25) is 0 Å². The summed E-state index contributed by atoms with van der Waals surface area (Å²) >= 11 is 0. The van der Waals surface area contributed by atoms with Crippen LogP contribution in [0.15, 0.2) is 6.20 Å². The quantitative estimate of drug-likeness (QED) is 0.752. The first-order valence-electron chi connectivity index (χ1n) is 7.09. The number of esters is 1. The zero-order valence-electron chi connectivity index (χ0n) is 13.1. The molecular weight excluding hydrogens is 268 g/mol. The Balaban J connectivity index is 0.000000774. The van der Waals surface area contributed by atoms with Gasteiger partial charge in [-0.2, -0.15) is 5.10 Å². The molecule has 0 atom stereocenters. The summed E-state index contributed by atoms with van der Waals surface area (Å²) in [5.74, 6) is 0.318. The van der Waals surface area contributed by atoms with Crippen LogP contribution in [-0.2, 0) is 24.6 Å². The summed E-state index contributed by atoms with van der Waals surface area (Å²) in [6, 6.07) is 0. The molecule has 1 aliphatic carbocycles. The standard InChI is InChI=1S/C13H14N4O2.C2H6/c1-7-14-6-8-4-5-9-11(13(18)19-3)16-17(2)12(9)10(8)15-7;1-2/h6H,4-5H2,1-3H3;1-2H3. The molecule has 0 fully saturated rings. The number of aryl methyl sites for hydroxylation is 3. The Bertz CT molecular complexity index is 677. The highest BCUT2D eigenvalue weighted by molar-refractivity contribution is 5.91. The lowest BCUT2D eigenvalue weighted by molar-refractivity contribution is 0.0592. The van der Waals surface area contributed by atoms with Crippen molar-refractivity contribution in [2.24, 2.45) is 7.05 Å². The van der Waals surface area contributed by atoms with Gasteiger partial charge in [0.05, 0.1) is 18.5 Å². The summed E-state index contributed by atoms with van der Waals surface area (Å²) in [4.78, 5) is 20.5. The molecule has 0 amide bonds. The van der Waals surface area contributed by atoms with E-state index in [2.05, 4.69) is 15.1 Å². The molecule has 6 nitrogen and oxygen atoms in total. The normalized spacial score (nSPS) is 11.9. The Hall–Kier alpha value is -2.24. The maximum atomic E-state index is 11.7. The molecule has 6 heteroatoms. The SMILES string of the molecule is CC.COC(=O)c1nn(C)c2c1CCc1cnc(C)nc1-2. The van der Waals surface area contributed by atoms with Gasteiger partial charge in [0.2, 0.25) is 0 Å². The lowest BCUT2D eigenvalue weighted by atomic mass is 9.93. The monoisotopic (exact) mass is 288 g/mol. The first-order chi connectivity index (χ1) is 10.1. The molecule has 0 radical (unpaired) electrons. The number of carbonyl (C=O) groups excluding carboxylic acids is 1. The Morgan fingerprint density at radius 1 is 1.33 bits per heavy atom. The second-order valence-corrected chi connectivity index (χ2v) is 4.58. The average Bonchev–Trinajstić information content (AvgIpc) is 2.86. The Labute approximate surface area is 124 Å². The molecule has 0 aromatic carbocycles. The van der Waals surface area contributed by atoms with Crippen LogP contribution in [0.3, 0.4) is 0 Å². The molecule has 0 spiro atoms. The molecule has 0 unspecified atom stereocenters. The Morgan fingerprint density at radius 2 is 2.05 bits per heavy atom. The largest absolute Gasteiger partial charge is 0.464 e. The number of hydrogen-bond acceptors (Lipinski definition) is 5. The van der Waals surface area contributed by atoms with E-state index in [1.54, 1.807) is 4.68 Å². The number of aromatic nitrogens is 4. The summed E-state index contributed by atoms with van der Waals surface area (Å²) < 4.78 is 6.48. The molecule has 3 rings (SSSR count). The molecule has 2 heterocycles. The molecule has 0 saturated heterocycles. The van der Waals surface area contributed by atoms with Gasteiger partial charge in [0, 0.05) is 18.8 Å². The van der Waals surface area contributed by atoms with E-state index in [9.17, 15) is 4.79 Å². The molecule has 0 aliphatic heterocycles. The summed E-state index contributed by atoms with van der Waals surface area (Å²) in [7, 11) is 3.18. The minimum absolute atomic E-state index is 0.391. The second kappa shape index (κ2) is 6.03. The number of hydrogen-bond donors (Lipinski definition) is 0. The predicted octanol–water partition coefficient (Wildman–Crippen LogP) is 2.10. The highest BCUT2D eigenvalue weighted by Gasteiger charge is 2.28. The van der Waals surface area contributed by atoms with E-state index in [0.29, 0.717) is 11.5 Å². The Morgan fingerprint density at radius 3 is 2.71 bits per heavy atom. The van der Waals surface area contributed by atoms with Crippen molar-refractivity contribution in [3.05, 3.63) is 28.8 Å². The molecule has 0 N–H and O–H groups in total. The molecular formula is C15H20N4O2. The maximum absolute atomic E-state index is 11.7. The topological polar surface area (TPSA) is 69.9 Å². The van der Waals surface area contributed by atoms with Crippen molar-refractivity contribution in [1.82, 2.24) is 19.7 Å². The number of nitrogens with zero attached hydrogens (tertiary/aromatic N) is 4. The summed E-state index contributed by atoms with van der Waals surface area (Å²) in [6.45, 7) is 5.85. The van der Waals surface area contributed by atoms with Crippen LogP contribution in [0.25, 0.3) is 11.4 Å². The summed E-state index contributed by atoms with van der Waals surface area (Å²) in [5, 5.41) is 4.27. The van der Waals surface area contributed by atoms with Crippen LogP contribution in [-0.4, -0.2) is 32.8 Å². The van der Waals surface area contributed by atoms with Crippen molar-refractivity contribution < 1.29 is 9.53 Å². The van der Waals surface area contributed by atoms with Gasteiger partial charge >= 0.3 is 5.97 Å². The van der Waals surface area contributed by atoms with Crippen LogP contribution in [0.1, 0.15) is 41.3 Å². The summed E-state index contributed by atoms with van der Waals surface area (Å²) in [6.07, 6.45) is 3.43. The fraction of sp³-hybridized carbons (Fsp3) is 0.467. The third-order valence-corrected chi connectivity index (χ3v) is 3.38. The van der Waals surface area contributed by atoms with Gasteiger partial charge in [0.25, 0.3) is 0 Å². The lowest BCUT2D eigenvalue weighted by Crippen LogP contribution is -2.11. The van der Waals surface area contributed by atoms with Gasteiger partial charge in [0.1, 0.15) is 5.82 Å². The summed E-state index contributed by atoms with van der Waals surface area (Å²) in [5.41, 5.74) is 4.17. The van der Waals surface area contributed by atoms with Crippen molar-refractivity contribution in [1.29, 1.82) is 0 Å². The van der Waals surface area contributed by atoms with E-state index in [1.807, 2.05) is 34.0 Å². The number of carbonyl (C=O) groups is 1. The van der Waals surface area contributed by atoms with Crippen LogP contribution in [0.5, 0.6) is 0 Å². The number of fused-ring (bicyclic) bond motifs is 3. The zero-order chi connectivity index (χ0) is 15.6. The Kier molecular flexibility index (Phi) is 4.35. The van der Waals surface area contributed by atoms with Crippen molar-refractivity contribution in [2.45, 2.75) is 33.6 Å². The minimum atomic E-state index is -0.397. The third-order valence-electron chi connectivity index (χ3n) is 3.38. The van der Waals surface area contributed by atoms with E-state index in [1.165, 1.54) is 7.11 Å². The van der Waals surface area contributed by atoms with Gasteiger partial charge in [-0.25, -0.2) is 14.8 Å². The van der Waals surface area contributed by atoms with Gasteiger partial charge < -0.3 is 4.74 Å². The van der Waals surface area contributed by atoms with Gasteiger partial charge in [-0.1, -0.05) is 13.8 Å². The van der Waals surface area contributed by atoms with Gasteiger partial charge in [0.15, 0.2) is 5.69 Å². The molecule has 0 bridgehead atoms. The minimum Gasteiger partial charge on any atom is -0.464 e. The van der Waals surface area contributed by atoms with Gasteiger partial charge in [-0.05, 0) is 25.3 Å². The van der Waals surface area contributed by atoms with Crippen molar-refractivity contribution in [3.63, 3.8) is 0 Å². The van der Waals surface area contributed by atoms with Crippen molar-refractivity contribution >= 4 is 5.97 Å². The van der Waals surface area contributed by atoms with E-state index in [0.717, 1.165) is 35.4 Å². The molecule has 2 aromatic heterocycles. The third kappa shape index (κ3) is 2.53. The number of ether oxygens (including phenoxy) is 1. The highest BCUT2D eigenvalue weighted by Crippen LogP contribution is 2.33. The van der Waals surface area contributed by atoms with Gasteiger partial charge in [-0.15, -0.1) is 0 Å². The second-order valence-electron chi connectivity index (χ2n) is 4.58. The van der Waals surface area contributed by atoms with E-state index >= 15 is 0 Å². The van der Waals surface area contributed by atoms with Gasteiger partial charge in [-0.3, -0.25) is 4.68 Å². The molecule has 1 aliphatic rings. The lowest BCUT2D eigenvalue weighted by Gasteiger charge is -2.16.